The summed E-state index contributed by atoms with van der Waals surface area (Å²) in [5, 5.41) is 3.22. The Labute approximate surface area is 117 Å². The molecule has 0 heterocycles. The van der Waals surface area contributed by atoms with Crippen LogP contribution in [0.3, 0.4) is 0 Å². The number of carbonyl (C=O) groups excluding carboxylic acids is 1. The highest BCUT2D eigenvalue weighted by atomic mass is 79.9. The molecular formula is C14H20BrNO2. The maximum Gasteiger partial charge on any atom is 0.308 e. The van der Waals surface area contributed by atoms with E-state index in [1.807, 2.05) is 45.9 Å². The lowest BCUT2D eigenvalue weighted by molar-refractivity contribution is -0.154. The third kappa shape index (κ3) is 5.08. The van der Waals surface area contributed by atoms with Crippen LogP contribution in [0.2, 0.25) is 0 Å². The molecule has 0 saturated carbocycles. The standard InChI is InChI=1S/C14H20BrNO2/c1-10-6-5-7-11(13(10)15)16-9-8-12(17)18-14(2,3)4/h5-7,16H,8-9H2,1-4H3. The van der Waals surface area contributed by atoms with Crippen LogP contribution in [-0.4, -0.2) is 18.1 Å². The Morgan fingerprint density at radius 1 is 1.39 bits per heavy atom. The summed E-state index contributed by atoms with van der Waals surface area (Å²) in [6, 6.07) is 5.99. The van der Waals surface area contributed by atoms with Gasteiger partial charge in [0.05, 0.1) is 6.42 Å². The van der Waals surface area contributed by atoms with Gasteiger partial charge in [-0.25, -0.2) is 0 Å². The molecule has 100 valence electrons. The van der Waals surface area contributed by atoms with Crippen LogP contribution in [0.4, 0.5) is 5.69 Å². The summed E-state index contributed by atoms with van der Waals surface area (Å²) >= 11 is 3.52. The number of halogens is 1. The highest BCUT2D eigenvalue weighted by Gasteiger charge is 2.15. The molecule has 4 heteroatoms. The smallest absolute Gasteiger partial charge is 0.308 e. The van der Waals surface area contributed by atoms with E-state index in [1.165, 1.54) is 0 Å². The van der Waals surface area contributed by atoms with Crippen LogP contribution in [0, 0.1) is 6.92 Å². The summed E-state index contributed by atoms with van der Waals surface area (Å²) in [5.41, 5.74) is 1.75. The maximum atomic E-state index is 11.5. The zero-order valence-corrected chi connectivity index (χ0v) is 12.9. The predicted molar refractivity (Wildman–Crippen MR) is 77.8 cm³/mol. The van der Waals surface area contributed by atoms with Crippen LogP contribution in [0.5, 0.6) is 0 Å². The van der Waals surface area contributed by atoms with Gasteiger partial charge in [0.15, 0.2) is 0 Å². The Kier molecular flexibility index (Phi) is 5.20. The Bertz CT molecular complexity index is 424. The molecule has 0 saturated heterocycles. The number of ether oxygens (including phenoxy) is 1. The van der Waals surface area contributed by atoms with Gasteiger partial charge in [-0.15, -0.1) is 0 Å². The van der Waals surface area contributed by atoms with Gasteiger partial charge in [-0.3, -0.25) is 4.79 Å². The SMILES string of the molecule is Cc1cccc(NCCC(=O)OC(C)(C)C)c1Br. The number of hydrogen-bond acceptors (Lipinski definition) is 3. The molecule has 18 heavy (non-hydrogen) atoms. The minimum atomic E-state index is -0.416. The number of nitrogens with one attached hydrogen (secondary N) is 1. The fourth-order valence-electron chi connectivity index (χ4n) is 1.48. The normalized spacial score (nSPS) is 11.2. The fourth-order valence-corrected chi connectivity index (χ4v) is 1.88. The highest BCUT2D eigenvalue weighted by Crippen LogP contribution is 2.25. The van der Waals surface area contributed by atoms with Gasteiger partial charge in [0.2, 0.25) is 0 Å². The van der Waals surface area contributed by atoms with Crippen LogP contribution < -0.4 is 5.32 Å². The van der Waals surface area contributed by atoms with E-state index in [1.54, 1.807) is 0 Å². The van der Waals surface area contributed by atoms with Crippen molar-refractivity contribution in [2.75, 3.05) is 11.9 Å². The molecule has 0 bridgehead atoms. The monoisotopic (exact) mass is 313 g/mol. The maximum absolute atomic E-state index is 11.5. The molecule has 0 unspecified atom stereocenters. The molecule has 1 rings (SSSR count). The van der Waals surface area contributed by atoms with E-state index in [-0.39, 0.29) is 5.97 Å². The summed E-state index contributed by atoms with van der Waals surface area (Å²) in [7, 11) is 0. The number of rotatable bonds is 4. The number of carbonyl (C=O) groups is 1. The zero-order chi connectivity index (χ0) is 13.8. The molecule has 3 nitrogen and oxygen atoms in total. The molecule has 0 atom stereocenters. The first kappa shape index (κ1) is 15.0. The van der Waals surface area contributed by atoms with Crippen LogP contribution >= 0.6 is 15.9 Å². The molecule has 1 N–H and O–H groups in total. The molecule has 1 aromatic rings. The molecule has 0 aromatic heterocycles. The molecule has 0 aliphatic rings. The van der Waals surface area contributed by atoms with Crippen molar-refractivity contribution in [3.63, 3.8) is 0 Å². The number of hydrogen-bond donors (Lipinski definition) is 1. The molecule has 0 aliphatic heterocycles. The number of benzene rings is 1. The van der Waals surface area contributed by atoms with Crippen molar-refractivity contribution < 1.29 is 9.53 Å². The van der Waals surface area contributed by atoms with Crippen molar-refractivity contribution in [2.45, 2.75) is 39.7 Å². The number of aryl methyl sites for hydroxylation is 1. The van der Waals surface area contributed by atoms with Gasteiger partial charge in [0.25, 0.3) is 0 Å². The van der Waals surface area contributed by atoms with Gasteiger partial charge in [-0.2, -0.15) is 0 Å². The summed E-state index contributed by atoms with van der Waals surface area (Å²) in [5.74, 6) is -0.182. The molecular weight excluding hydrogens is 294 g/mol. The average molecular weight is 314 g/mol. The Morgan fingerprint density at radius 3 is 2.67 bits per heavy atom. The first-order valence-electron chi connectivity index (χ1n) is 6.00. The second-order valence-electron chi connectivity index (χ2n) is 5.20. The lowest BCUT2D eigenvalue weighted by Crippen LogP contribution is -2.25. The molecule has 0 aliphatic carbocycles. The summed E-state index contributed by atoms with van der Waals surface area (Å²) < 4.78 is 6.28. The first-order chi connectivity index (χ1) is 8.29. The van der Waals surface area contributed by atoms with Gasteiger partial charge in [0.1, 0.15) is 5.60 Å². The fraction of sp³-hybridized carbons (Fsp3) is 0.500. The quantitative estimate of drug-likeness (QED) is 0.857. The van der Waals surface area contributed by atoms with Gasteiger partial charge >= 0.3 is 5.97 Å². The second kappa shape index (κ2) is 6.23. The van der Waals surface area contributed by atoms with Gasteiger partial charge in [-0.05, 0) is 55.3 Å². The van der Waals surface area contributed by atoms with E-state index in [9.17, 15) is 4.79 Å². The topological polar surface area (TPSA) is 38.3 Å². The highest BCUT2D eigenvalue weighted by molar-refractivity contribution is 9.10. The lowest BCUT2D eigenvalue weighted by atomic mass is 10.2. The van der Waals surface area contributed by atoms with E-state index in [4.69, 9.17) is 4.74 Å². The minimum absolute atomic E-state index is 0.182. The van der Waals surface area contributed by atoms with Crippen molar-refractivity contribution in [1.82, 2.24) is 0 Å². The predicted octanol–water partition coefficient (Wildman–Crippen LogP) is 3.90. The molecule has 0 spiro atoms. The Balaban J connectivity index is 2.43. The molecule has 0 radical (unpaired) electrons. The third-order valence-electron chi connectivity index (χ3n) is 2.26. The zero-order valence-electron chi connectivity index (χ0n) is 11.3. The third-order valence-corrected chi connectivity index (χ3v) is 3.31. The number of anilines is 1. The van der Waals surface area contributed by atoms with Crippen molar-refractivity contribution in [3.8, 4) is 0 Å². The Hall–Kier alpha value is -1.03. The second-order valence-corrected chi connectivity index (χ2v) is 5.99. The molecule has 0 fully saturated rings. The van der Waals surface area contributed by atoms with Crippen molar-refractivity contribution in [1.29, 1.82) is 0 Å². The summed E-state index contributed by atoms with van der Waals surface area (Å²) in [6.45, 7) is 8.21. The van der Waals surface area contributed by atoms with Crippen molar-refractivity contribution in [2.24, 2.45) is 0 Å². The summed E-state index contributed by atoms with van der Waals surface area (Å²) in [6.07, 6.45) is 0.359. The van der Waals surface area contributed by atoms with Crippen LogP contribution in [0.25, 0.3) is 0 Å². The average Bonchev–Trinajstić information content (AvgIpc) is 2.21. The Morgan fingerprint density at radius 2 is 2.06 bits per heavy atom. The van der Waals surface area contributed by atoms with Gasteiger partial charge < -0.3 is 10.1 Å². The van der Waals surface area contributed by atoms with E-state index in [0.717, 1.165) is 15.7 Å². The van der Waals surface area contributed by atoms with Crippen molar-refractivity contribution in [3.05, 3.63) is 28.2 Å². The van der Waals surface area contributed by atoms with E-state index < -0.39 is 5.60 Å². The van der Waals surface area contributed by atoms with Gasteiger partial charge in [0, 0.05) is 16.7 Å². The van der Waals surface area contributed by atoms with Crippen molar-refractivity contribution >= 4 is 27.6 Å². The molecule has 0 amide bonds. The van der Waals surface area contributed by atoms with Gasteiger partial charge in [-0.1, -0.05) is 12.1 Å². The lowest BCUT2D eigenvalue weighted by Gasteiger charge is -2.19. The number of esters is 1. The van der Waals surface area contributed by atoms with Crippen LogP contribution in [0.1, 0.15) is 32.8 Å². The van der Waals surface area contributed by atoms with E-state index >= 15 is 0 Å². The minimum Gasteiger partial charge on any atom is -0.460 e. The van der Waals surface area contributed by atoms with E-state index in [0.29, 0.717) is 13.0 Å². The largest absolute Gasteiger partial charge is 0.460 e. The van der Waals surface area contributed by atoms with Crippen LogP contribution in [-0.2, 0) is 9.53 Å². The van der Waals surface area contributed by atoms with Crippen LogP contribution in [0.15, 0.2) is 22.7 Å². The first-order valence-corrected chi connectivity index (χ1v) is 6.80. The van der Waals surface area contributed by atoms with E-state index in [2.05, 4.69) is 21.2 Å². The summed E-state index contributed by atoms with van der Waals surface area (Å²) in [4.78, 5) is 11.5. The molecule has 1 aromatic carbocycles.